The van der Waals surface area contributed by atoms with Crippen molar-refractivity contribution in [1.29, 1.82) is 0 Å². The maximum atomic E-state index is 13.6. The van der Waals surface area contributed by atoms with Gasteiger partial charge in [0.25, 0.3) is 0 Å². The third-order valence-electron chi connectivity index (χ3n) is 3.12. The van der Waals surface area contributed by atoms with Crippen molar-refractivity contribution in [3.05, 3.63) is 59.5 Å². The Morgan fingerprint density at radius 3 is 2.81 bits per heavy atom. The molecular weight excluding hydrogens is 269 g/mol. The summed E-state index contributed by atoms with van der Waals surface area (Å²) in [6.45, 7) is 10.2. The van der Waals surface area contributed by atoms with Crippen molar-refractivity contribution >= 4 is 0 Å². The van der Waals surface area contributed by atoms with Gasteiger partial charge in [0.05, 0.1) is 6.54 Å². The Kier molecular flexibility index (Phi) is 5.22. The van der Waals surface area contributed by atoms with Crippen LogP contribution in [0.15, 0.2) is 40.9 Å². The summed E-state index contributed by atoms with van der Waals surface area (Å²) in [6, 6.07) is 6.62. The van der Waals surface area contributed by atoms with Crippen LogP contribution in [0.2, 0.25) is 0 Å². The fourth-order valence-electron chi connectivity index (χ4n) is 2.09. The van der Waals surface area contributed by atoms with Gasteiger partial charge in [-0.3, -0.25) is 4.90 Å². The molecule has 0 aliphatic heterocycles. The number of likely N-dealkylation sites (N-methyl/N-ethyl adjacent to an activating group) is 1. The molecule has 21 heavy (non-hydrogen) atoms. The zero-order valence-corrected chi connectivity index (χ0v) is 12.5. The number of benzene rings is 1. The van der Waals surface area contributed by atoms with Crippen molar-refractivity contribution in [1.82, 2.24) is 15.0 Å². The largest absolute Gasteiger partial charge is 0.338 e. The van der Waals surface area contributed by atoms with Crippen molar-refractivity contribution in [2.24, 2.45) is 0 Å². The highest BCUT2D eigenvalue weighted by Crippen LogP contribution is 2.12. The van der Waals surface area contributed by atoms with Crippen molar-refractivity contribution in [3.63, 3.8) is 0 Å². The Hall–Kier alpha value is -2.01. The fourth-order valence-corrected chi connectivity index (χ4v) is 2.09. The molecule has 1 heterocycles. The highest BCUT2D eigenvalue weighted by molar-refractivity contribution is 5.20. The SMILES string of the molecule is C=C(C)CN(CC)Cc1nc(Cc2ccccc2F)no1. The van der Waals surface area contributed by atoms with Gasteiger partial charge in [-0.2, -0.15) is 4.98 Å². The summed E-state index contributed by atoms with van der Waals surface area (Å²) in [7, 11) is 0. The Labute approximate surface area is 124 Å². The standard InChI is InChI=1S/C16H20FN3O/c1-4-20(10-12(2)3)11-16-18-15(19-21-16)9-13-7-5-6-8-14(13)17/h5-8H,2,4,9-11H2,1,3H3. The molecule has 1 aromatic heterocycles. The molecule has 2 aromatic rings. The van der Waals surface area contributed by atoms with Crippen molar-refractivity contribution in [3.8, 4) is 0 Å². The molecule has 2 rings (SSSR count). The molecule has 5 heteroatoms. The first-order valence-corrected chi connectivity index (χ1v) is 7.00. The lowest BCUT2D eigenvalue weighted by molar-refractivity contribution is 0.251. The van der Waals surface area contributed by atoms with E-state index in [2.05, 4.69) is 28.5 Å². The molecule has 0 saturated heterocycles. The second kappa shape index (κ2) is 7.13. The van der Waals surface area contributed by atoms with Crippen LogP contribution in [0, 0.1) is 5.82 Å². The second-order valence-electron chi connectivity index (χ2n) is 5.13. The van der Waals surface area contributed by atoms with E-state index < -0.39 is 0 Å². The molecule has 0 aliphatic rings. The molecule has 0 unspecified atom stereocenters. The van der Waals surface area contributed by atoms with Gasteiger partial charge in [-0.25, -0.2) is 4.39 Å². The van der Waals surface area contributed by atoms with Gasteiger partial charge in [-0.05, 0) is 25.1 Å². The predicted molar refractivity (Wildman–Crippen MR) is 79.3 cm³/mol. The van der Waals surface area contributed by atoms with Gasteiger partial charge in [-0.15, -0.1) is 0 Å². The Balaban J connectivity index is 2.01. The predicted octanol–water partition coefficient (Wildman–Crippen LogP) is 3.20. The van der Waals surface area contributed by atoms with Gasteiger partial charge in [0, 0.05) is 13.0 Å². The average molecular weight is 289 g/mol. The summed E-state index contributed by atoms with van der Waals surface area (Å²) in [4.78, 5) is 6.48. The molecular formula is C16H20FN3O. The molecule has 4 nitrogen and oxygen atoms in total. The summed E-state index contributed by atoms with van der Waals surface area (Å²) < 4.78 is 18.8. The Morgan fingerprint density at radius 2 is 2.14 bits per heavy atom. The Morgan fingerprint density at radius 1 is 1.38 bits per heavy atom. The molecule has 0 radical (unpaired) electrons. The van der Waals surface area contributed by atoms with Gasteiger partial charge in [0.2, 0.25) is 5.89 Å². The first-order valence-electron chi connectivity index (χ1n) is 7.00. The number of hydrogen-bond acceptors (Lipinski definition) is 4. The molecule has 0 fully saturated rings. The topological polar surface area (TPSA) is 42.2 Å². The normalized spacial score (nSPS) is 11.0. The number of hydrogen-bond donors (Lipinski definition) is 0. The van der Waals surface area contributed by atoms with E-state index in [4.69, 9.17) is 4.52 Å². The van der Waals surface area contributed by atoms with Crippen LogP contribution in [-0.4, -0.2) is 28.1 Å². The van der Waals surface area contributed by atoms with Crippen LogP contribution in [0.3, 0.4) is 0 Å². The van der Waals surface area contributed by atoms with Crippen LogP contribution in [-0.2, 0) is 13.0 Å². The quantitative estimate of drug-likeness (QED) is 0.734. The zero-order valence-electron chi connectivity index (χ0n) is 12.5. The molecule has 0 atom stereocenters. The van der Waals surface area contributed by atoms with Crippen molar-refractivity contribution in [2.75, 3.05) is 13.1 Å². The lowest BCUT2D eigenvalue weighted by atomic mass is 10.1. The first kappa shape index (κ1) is 15.4. The Bertz CT molecular complexity index is 609. The minimum Gasteiger partial charge on any atom is -0.338 e. The van der Waals surface area contributed by atoms with Crippen LogP contribution in [0.4, 0.5) is 4.39 Å². The van der Waals surface area contributed by atoms with Crippen molar-refractivity contribution in [2.45, 2.75) is 26.8 Å². The molecule has 1 aromatic carbocycles. The molecule has 112 valence electrons. The van der Waals surface area contributed by atoms with E-state index >= 15 is 0 Å². The number of rotatable bonds is 7. The van der Waals surface area contributed by atoms with Gasteiger partial charge in [0.15, 0.2) is 5.82 Å². The fraction of sp³-hybridized carbons (Fsp3) is 0.375. The molecule has 0 N–H and O–H groups in total. The van der Waals surface area contributed by atoms with Gasteiger partial charge >= 0.3 is 0 Å². The molecule has 0 bridgehead atoms. The summed E-state index contributed by atoms with van der Waals surface area (Å²) in [5.41, 5.74) is 1.65. The zero-order chi connectivity index (χ0) is 15.2. The minimum absolute atomic E-state index is 0.249. The van der Waals surface area contributed by atoms with E-state index in [1.54, 1.807) is 18.2 Å². The number of nitrogens with zero attached hydrogens (tertiary/aromatic N) is 3. The summed E-state index contributed by atoms with van der Waals surface area (Å²) in [5.74, 6) is 0.798. The van der Waals surface area contributed by atoms with Gasteiger partial charge < -0.3 is 4.52 Å². The monoisotopic (exact) mass is 289 g/mol. The smallest absolute Gasteiger partial charge is 0.240 e. The highest BCUT2D eigenvalue weighted by atomic mass is 19.1. The number of aromatic nitrogens is 2. The van der Waals surface area contributed by atoms with E-state index in [-0.39, 0.29) is 5.82 Å². The summed E-state index contributed by atoms with van der Waals surface area (Å²) in [5, 5.41) is 3.92. The van der Waals surface area contributed by atoms with Gasteiger partial charge in [-0.1, -0.05) is 42.4 Å². The van der Waals surface area contributed by atoms with E-state index in [9.17, 15) is 4.39 Å². The van der Waals surface area contributed by atoms with Crippen LogP contribution in [0.25, 0.3) is 0 Å². The van der Waals surface area contributed by atoms with Crippen molar-refractivity contribution < 1.29 is 8.91 Å². The number of halogens is 1. The minimum atomic E-state index is -0.249. The van der Waals surface area contributed by atoms with Crippen LogP contribution in [0.1, 0.15) is 31.1 Å². The van der Waals surface area contributed by atoms with Gasteiger partial charge in [0.1, 0.15) is 5.82 Å². The van der Waals surface area contributed by atoms with Crippen LogP contribution < -0.4 is 0 Å². The summed E-state index contributed by atoms with van der Waals surface area (Å²) in [6.07, 6.45) is 0.336. The first-order chi connectivity index (χ1) is 10.1. The van der Waals surface area contributed by atoms with Crippen LogP contribution in [0.5, 0.6) is 0 Å². The average Bonchev–Trinajstić information content (AvgIpc) is 2.87. The second-order valence-corrected chi connectivity index (χ2v) is 5.13. The van der Waals surface area contributed by atoms with E-state index in [1.165, 1.54) is 6.07 Å². The third kappa shape index (κ3) is 4.49. The maximum Gasteiger partial charge on any atom is 0.240 e. The lowest BCUT2D eigenvalue weighted by Gasteiger charge is -2.17. The molecule has 0 aliphatic carbocycles. The summed E-state index contributed by atoms with van der Waals surface area (Å²) >= 11 is 0. The molecule has 0 amide bonds. The van der Waals surface area contributed by atoms with E-state index in [0.717, 1.165) is 18.7 Å². The lowest BCUT2D eigenvalue weighted by Crippen LogP contribution is -2.24. The third-order valence-corrected chi connectivity index (χ3v) is 3.12. The highest BCUT2D eigenvalue weighted by Gasteiger charge is 2.12. The molecule has 0 spiro atoms. The van der Waals surface area contributed by atoms with Crippen LogP contribution >= 0.6 is 0 Å². The van der Waals surface area contributed by atoms with E-state index in [1.807, 2.05) is 6.92 Å². The maximum absolute atomic E-state index is 13.6. The molecule has 0 saturated carbocycles. The van der Waals surface area contributed by atoms with E-state index in [0.29, 0.717) is 30.2 Å².